The first-order valence-corrected chi connectivity index (χ1v) is 8.46. The number of hydrogen-bond acceptors (Lipinski definition) is 3. The van der Waals surface area contributed by atoms with Crippen molar-refractivity contribution < 1.29 is 4.79 Å². The lowest BCUT2D eigenvalue weighted by Gasteiger charge is -2.41. The van der Waals surface area contributed by atoms with Crippen molar-refractivity contribution in [1.29, 1.82) is 0 Å². The molecule has 2 N–H and O–H groups in total. The standard InChI is InChI=1S/C18H27N3O.2ClH/c1-20(17(22)18(19)11-5-6-12-18)16-10-7-13-21(14-16)15-8-3-2-4-9-15;;/h2-4,8-9,16H,5-7,10-14,19H2,1H3;2*1H. The molecule has 1 amide bonds. The van der Waals surface area contributed by atoms with Crippen LogP contribution in [0.1, 0.15) is 38.5 Å². The molecule has 0 radical (unpaired) electrons. The second-order valence-corrected chi connectivity index (χ2v) is 6.86. The largest absolute Gasteiger partial charge is 0.369 e. The van der Waals surface area contributed by atoms with Gasteiger partial charge in [-0.2, -0.15) is 0 Å². The maximum absolute atomic E-state index is 12.8. The van der Waals surface area contributed by atoms with Crippen molar-refractivity contribution in [3.05, 3.63) is 30.3 Å². The van der Waals surface area contributed by atoms with Gasteiger partial charge in [0, 0.05) is 31.9 Å². The van der Waals surface area contributed by atoms with Crippen molar-refractivity contribution in [1.82, 2.24) is 4.90 Å². The molecule has 1 unspecified atom stereocenters. The summed E-state index contributed by atoms with van der Waals surface area (Å²) in [6.07, 6.45) is 6.03. The minimum Gasteiger partial charge on any atom is -0.369 e. The number of halogens is 2. The van der Waals surface area contributed by atoms with E-state index in [-0.39, 0.29) is 36.8 Å². The molecule has 3 rings (SSSR count). The predicted molar refractivity (Wildman–Crippen MR) is 104 cm³/mol. The molecule has 1 aromatic carbocycles. The summed E-state index contributed by atoms with van der Waals surface area (Å²) in [5.74, 6) is 0.143. The Bertz CT molecular complexity index is 520. The Morgan fingerprint density at radius 2 is 1.79 bits per heavy atom. The molecule has 1 atom stereocenters. The van der Waals surface area contributed by atoms with Gasteiger partial charge in [-0.15, -0.1) is 24.8 Å². The zero-order chi connectivity index (χ0) is 15.6. The minimum absolute atomic E-state index is 0. The molecule has 1 aromatic rings. The van der Waals surface area contributed by atoms with Gasteiger partial charge in [-0.25, -0.2) is 0 Å². The second-order valence-electron chi connectivity index (χ2n) is 6.86. The number of carbonyl (C=O) groups is 1. The van der Waals surface area contributed by atoms with E-state index in [2.05, 4.69) is 29.2 Å². The third-order valence-electron chi connectivity index (χ3n) is 5.31. The van der Waals surface area contributed by atoms with E-state index < -0.39 is 5.54 Å². The SMILES string of the molecule is CN(C(=O)C1(N)CCCC1)C1CCCN(c2ccccc2)C1.Cl.Cl. The summed E-state index contributed by atoms with van der Waals surface area (Å²) in [6.45, 7) is 1.97. The van der Waals surface area contributed by atoms with Crippen molar-refractivity contribution in [3.63, 3.8) is 0 Å². The number of amides is 1. The normalized spacial score (nSPS) is 22.2. The van der Waals surface area contributed by atoms with Gasteiger partial charge in [0.15, 0.2) is 0 Å². The first kappa shape index (κ1) is 21.1. The molecule has 1 heterocycles. The average Bonchev–Trinajstić information content (AvgIpc) is 3.02. The highest BCUT2D eigenvalue weighted by atomic mass is 35.5. The first-order chi connectivity index (χ1) is 10.6. The summed E-state index contributed by atoms with van der Waals surface area (Å²) < 4.78 is 0. The average molecular weight is 374 g/mol. The molecular formula is C18H29Cl2N3O. The number of para-hydroxylation sites is 1. The molecule has 0 spiro atoms. The Labute approximate surface area is 157 Å². The molecule has 1 saturated heterocycles. The van der Waals surface area contributed by atoms with Gasteiger partial charge >= 0.3 is 0 Å². The zero-order valence-electron chi connectivity index (χ0n) is 14.3. The van der Waals surface area contributed by atoms with Gasteiger partial charge in [0.25, 0.3) is 0 Å². The molecule has 0 bridgehead atoms. The van der Waals surface area contributed by atoms with E-state index in [1.165, 1.54) is 5.69 Å². The second kappa shape index (κ2) is 8.93. The number of hydrogen-bond donors (Lipinski definition) is 1. The van der Waals surface area contributed by atoms with Crippen LogP contribution in [0, 0.1) is 0 Å². The van der Waals surface area contributed by atoms with E-state index in [0.717, 1.165) is 51.6 Å². The molecule has 1 saturated carbocycles. The third kappa shape index (κ3) is 4.35. The monoisotopic (exact) mass is 373 g/mol. The van der Waals surface area contributed by atoms with Crippen molar-refractivity contribution in [2.75, 3.05) is 25.0 Å². The number of carbonyl (C=O) groups excluding carboxylic acids is 1. The summed E-state index contributed by atoms with van der Waals surface area (Å²) in [5.41, 5.74) is 6.99. The maximum atomic E-state index is 12.8. The molecular weight excluding hydrogens is 345 g/mol. The summed E-state index contributed by atoms with van der Waals surface area (Å²) in [6, 6.07) is 10.7. The van der Waals surface area contributed by atoms with Gasteiger partial charge in [-0.3, -0.25) is 4.79 Å². The highest BCUT2D eigenvalue weighted by Crippen LogP contribution is 2.30. The van der Waals surface area contributed by atoms with E-state index in [4.69, 9.17) is 5.73 Å². The molecule has 1 aliphatic heterocycles. The van der Waals surface area contributed by atoms with Crippen LogP contribution in [0.15, 0.2) is 30.3 Å². The zero-order valence-corrected chi connectivity index (χ0v) is 16.0. The smallest absolute Gasteiger partial charge is 0.242 e. The number of benzene rings is 1. The van der Waals surface area contributed by atoms with Crippen LogP contribution in [0.2, 0.25) is 0 Å². The van der Waals surface area contributed by atoms with Crippen LogP contribution in [-0.2, 0) is 4.79 Å². The molecule has 2 fully saturated rings. The van der Waals surface area contributed by atoms with Crippen LogP contribution in [0.25, 0.3) is 0 Å². The Kier molecular flexibility index (Phi) is 7.84. The highest BCUT2D eigenvalue weighted by Gasteiger charge is 2.41. The number of piperidine rings is 1. The van der Waals surface area contributed by atoms with E-state index in [1.54, 1.807) is 0 Å². The Balaban J connectivity index is 0.00000144. The Hall–Kier alpha value is -0.970. The highest BCUT2D eigenvalue weighted by molar-refractivity contribution is 5.86. The molecule has 0 aromatic heterocycles. The Morgan fingerprint density at radius 3 is 2.42 bits per heavy atom. The quantitative estimate of drug-likeness (QED) is 0.884. The number of rotatable bonds is 3. The topological polar surface area (TPSA) is 49.6 Å². The van der Waals surface area contributed by atoms with Crippen LogP contribution in [0.4, 0.5) is 5.69 Å². The van der Waals surface area contributed by atoms with Crippen LogP contribution >= 0.6 is 24.8 Å². The summed E-state index contributed by atoms with van der Waals surface area (Å²) >= 11 is 0. The van der Waals surface area contributed by atoms with E-state index in [9.17, 15) is 4.79 Å². The van der Waals surface area contributed by atoms with Crippen LogP contribution < -0.4 is 10.6 Å². The molecule has 1 aliphatic carbocycles. The third-order valence-corrected chi connectivity index (χ3v) is 5.31. The van der Waals surface area contributed by atoms with Gasteiger partial charge in [0.1, 0.15) is 0 Å². The van der Waals surface area contributed by atoms with Crippen LogP contribution in [0.5, 0.6) is 0 Å². The number of likely N-dealkylation sites (N-methyl/N-ethyl adjacent to an activating group) is 1. The van der Waals surface area contributed by atoms with Crippen molar-refractivity contribution in [2.45, 2.75) is 50.1 Å². The molecule has 24 heavy (non-hydrogen) atoms. The fraction of sp³-hybridized carbons (Fsp3) is 0.611. The van der Waals surface area contributed by atoms with Crippen LogP contribution in [-0.4, -0.2) is 42.5 Å². The lowest BCUT2D eigenvalue weighted by Crippen LogP contribution is -2.58. The number of nitrogens with two attached hydrogens (primary N) is 1. The first-order valence-electron chi connectivity index (χ1n) is 8.46. The summed E-state index contributed by atoms with van der Waals surface area (Å²) in [7, 11) is 1.94. The fourth-order valence-corrected chi connectivity index (χ4v) is 3.88. The van der Waals surface area contributed by atoms with Gasteiger partial charge < -0.3 is 15.5 Å². The van der Waals surface area contributed by atoms with E-state index in [1.807, 2.05) is 18.0 Å². The summed E-state index contributed by atoms with van der Waals surface area (Å²) in [5, 5.41) is 0. The van der Waals surface area contributed by atoms with E-state index in [0.29, 0.717) is 0 Å². The van der Waals surface area contributed by atoms with Gasteiger partial charge in [0.05, 0.1) is 5.54 Å². The molecule has 6 heteroatoms. The predicted octanol–water partition coefficient (Wildman–Crippen LogP) is 3.23. The van der Waals surface area contributed by atoms with Gasteiger partial charge in [-0.1, -0.05) is 31.0 Å². The maximum Gasteiger partial charge on any atom is 0.242 e. The fourth-order valence-electron chi connectivity index (χ4n) is 3.88. The van der Waals surface area contributed by atoms with Crippen LogP contribution in [0.3, 0.4) is 0 Å². The number of anilines is 1. The van der Waals surface area contributed by atoms with E-state index >= 15 is 0 Å². The molecule has 136 valence electrons. The lowest BCUT2D eigenvalue weighted by atomic mass is 9.95. The Morgan fingerprint density at radius 1 is 1.17 bits per heavy atom. The van der Waals surface area contributed by atoms with Gasteiger partial charge in [0.2, 0.25) is 5.91 Å². The lowest BCUT2D eigenvalue weighted by molar-refractivity contribution is -0.137. The minimum atomic E-state index is -0.607. The van der Waals surface area contributed by atoms with Crippen molar-refractivity contribution >= 4 is 36.4 Å². The molecule has 2 aliphatic rings. The number of nitrogens with zero attached hydrogens (tertiary/aromatic N) is 2. The van der Waals surface area contributed by atoms with Crippen molar-refractivity contribution in [3.8, 4) is 0 Å². The van der Waals surface area contributed by atoms with Gasteiger partial charge in [-0.05, 0) is 37.8 Å². The molecule has 4 nitrogen and oxygen atoms in total. The summed E-state index contributed by atoms with van der Waals surface area (Å²) in [4.78, 5) is 17.1. The van der Waals surface area contributed by atoms with Crippen molar-refractivity contribution in [2.24, 2.45) is 5.73 Å².